The van der Waals surface area contributed by atoms with Crippen LogP contribution >= 0.6 is 0 Å². The van der Waals surface area contributed by atoms with Gasteiger partial charge in [0.15, 0.2) is 11.5 Å². The summed E-state index contributed by atoms with van der Waals surface area (Å²) < 4.78 is 17.3. The molecule has 5 rings (SSSR count). The lowest BCUT2D eigenvalue weighted by atomic mass is 9.65. The zero-order valence-electron chi connectivity index (χ0n) is 17.9. The van der Waals surface area contributed by atoms with Crippen LogP contribution in [-0.2, 0) is 18.3 Å². The van der Waals surface area contributed by atoms with E-state index in [1.165, 1.54) is 16.7 Å². The molecule has 0 aliphatic heterocycles. The molecule has 1 aliphatic rings. The van der Waals surface area contributed by atoms with Gasteiger partial charge in [-0.05, 0) is 53.8 Å². The van der Waals surface area contributed by atoms with Crippen LogP contribution in [0.1, 0.15) is 28.9 Å². The van der Waals surface area contributed by atoms with Crippen molar-refractivity contribution in [2.45, 2.75) is 24.7 Å². The van der Waals surface area contributed by atoms with Gasteiger partial charge in [0.25, 0.3) is 0 Å². The fourth-order valence-corrected chi connectivity index (χ4v) is 4.84. The van der Waals surface area contributed by atoms with Crippen LogP contribution in [0.5, 0.6) is 11.5 Å². The quantitative estimate of drug-likeness (QED) is 0.379. The van der Waals surface area contributed by atoms with Crippen molar-refractivity contribution in [3.05, 3.63) is 107 Å². The minimum Gasteiger partial charge on any atom is -0.493 e. The molecule has 0 radical (unpaired) electrons. The highest BCUT2D eigenvalue weighted by Crippen LogP contribution is 2.46. The maximum atomic E-state index is 6.47. The molecule has 31 heavy (non-hydrogen) atoms. The van der Waals surface area contributed by atoms with E-state index in [1.807, 2.05) is 18.2 Å². The Labute approximate surface area is 183 Å². The van der Waals surface area contributed by atoms with Crippen LogP contribution in [0.3, 0.4) is 0 Å². The van der Waals surface area contributed by atoms with E-state index in [1.54, 1.807) is 14.2 Å². The van der Waals surface area contributed by atoms with Gasteiger partial charge in [-0.25, -0.2) is 0 Å². The van der Waals surface area contributed by atoms with E-state index in [-0.39, 0.29) is 5.41 Å². The number of ether oxygens (including phenoxy) is 2. The average Bonchev–Trinajstić information content (AvgIpc) is 3.27. The first-order valence-electron chi connectivity index (χ1n) is 10.7. The van der Waals surface area contributed by atoms with E-state index in [0.29, 0.717) is 5.75 Å². The number of methoxy groups -OCH3 is 2. The molecule has 1 aliphatic carbocycles. The molecule has 0 amide bonds. The average molecular weight is 411 g/mol. The summed E-state index contributed by atoms with van der Waals surface area (Å²) in [6, 6.07) is 29.8. The fraction of sp³-hybridized carbons (Fsp3) is 0.214. The first kappa shape index (κ1) is 19.5. The molecule has 0 spiro atoms. The molecule has 3 nitrogen and oxygen atoms in total. The van der Waals surface area contributed by atoms with Crippen molar-refractivity contribution in [1.82, 2.24) is 0 Å². The van der Waals surface area contributed by atoms with Crippen molar-refractivity contribution in [2.75, 3.05) is 14.2 Å². The Morgan fingerprint density at radius 2 is 1.39 bits per heavy atom. The largest absolute Gasteiger partial charge is 0.493 e. The predicted molar refractivity (Wildman–Crippen MR) is 123 cm³/mol. The SMILES string of the molecule is COc1ccc(-c2cc3c(o2)CC(c2ccccc2)(c2ccccc2)CC3)cc1OC. The normalized spacial score (nSPS) is 14.6. The molecule has 1 aromatic heterocycles. The summed E-state index contributed by atoms with van der Waals surface area (Å²) in [4.78, 5) is 0. The van der Waals surface area contributed by atoms with Crippen molar-refractivity contribution in [3.8, 4) is 22.8 Å². The number of aryl methyl sites for hydroxylation is 1. The molecule has 4 aromatic rings. The van der Waals surface area contributed by atoms with Gasteiger partial charge in [0.2, 0.25) is 0 Å². The Balaban J connectivity index is 1.56. The van der Waals surface area contributed by atoms with Crippen molar-refractivity contribution in [1.29, 1.82) is 0 Å². The first-order chi connectivity index (χ1) is 15.2. The van der Waals surface area contributed by atoms with Crippen LogP contribution in [0.2, 0.25) is 0 Å². The standard InChI is InChI=1S/C28H26O3/c1-29-24-14-13-20(18-26(24)30-2)25-17-21-15-16-28(19-27(21)31-25,22-9-5-3-6-10-22)23-11-7-4-8-12-23/h3-14,17-18H,15-16,19H2,1-2H3. The summed E-state index contributed by atoms with van der Waals surface area (Å²) in [6.07, 6.45) is 2.89. The second-order valence-electron chi connectivity index (χ2n) is 8.12. The molecular weight excluding hydrogens is 384 g/mol. The van der Waals surface area contributed by atoms with Gasteiger partial charge >= 0.3 is 0 Å². The smallest absolute Gasteiger partial charge is 0.161 e. The molecule has 1 heterocycles. The molecule has 0 N–H and O–H groups in total. The molecule has 0 saturated heterocycles. The van der Waals surface area contributed by atoms with Crippen LogP contribution in [0, 0.1) is 0 Å². The Hall–Kier alpha value is -3.46. The monoisotopic (exact) mass is 410 g/mol. The van der Waals surface area contributed by atoms with Gasteiger partial charge in [-0.2, -0.15) is 0 Å². The van der Waals surface area contributed by atoms with E-state index >= 15 is 0 Å². The molecule has 3 heteroatoms. The molecule has 0 bridgehead atoms. The second kappa shape index (κ2) is 7.99. The minimum atomic E-state index is -0.0811. The highest BCUT2D eigenvalue weighted by atomic mass is 16.5. The van der Waals surface area contributed by atoms with E-state index < -0.39 is 0 Å². The van der Waals surface area contributed by atoms with Crippen molar-refractivity contribution < 1.29 is 13.9 Å². The molecule has 0 fully saturated rings. The van der Waals surface area contributed by atoms with E-state index in [2.05, 4.69) is 66.7 Å². The number of hydrogen-bond donors (Lipinski definition) is 0. The van der Waals surface area contributed by atoms with Gasteiger partial charge in [0, 0.05) is 17.4 Å². The van der Waals surface area contributed by atoms with Crippen LogP contribution in [0.15, 0.2) is 89.3 Å². The zero-order chi connectivity index (χ0) is 21.3. The lowest BCUT2D eigenvalue weighted by molar-refractivity contribution is 0.355. The third kappa shape index (κ3) is 3.40. The molecular formula is C28H26O3. The number of benzene rings is 3. The fourth-order valence-electron chi connectivity index (χ4n) is 4.84. The Bertz CT molecular complexity index is 1140. The lowest BCUT2D eigenvalue weighted by Gasteiger charge is -2.37. The summed E-state index contributed by atoms with van der Waals surface area (Å²) in [7, 11) is 3.30. The van der Waals surface area contributed by atoms with Crippen LogP contribution in [0.4, 0.5) is 0 Å². The number of hydrogen-bond acceptors (Lipinski definition) is 3. The molecule has 156 valence electrons. The van der Waals surface area contributed by atoms with Crippen molar-refractivity contribution in [3.63, 3.8) is 0 Å². The summed E-state index contributed by atoms with van der Waals surface area (Å²) in [5.41, 5.74) is 4.90. The Kier molecular flexibility index (Phi) is 5.03. The van der Waals surface area contributed by atoms with Gasteiger partial charge in [-0.3, -0.25) is 0 Å². The van der Waals surface area contributed by atoms with Crippen molar-refractivity contribution >= 4 is 0 Å². The highest BCUT2D eigenvalue weighted by molar-refractivity contribution is 5.64. The topological polar surface area (TPSA) is 31.6 Å². The molecule has 0 unspecified atom stereocenters. The molecule has 0 atom stereocenters. The van der Waals surface area contributed by atoms with Gasteiger partial charge in [0.1, 0.15) is 11.5 Å². The van der Waals surface area contributed by atoms with E-state index in [0.717, 1.165) is 42.1 Å². The number of furan rings is 1. The summed E-state index contributed by atoms with van der Waals surface area (Å²) in [5.74, 6) is 3.37. The van der Waals surface area contributed by atoms with E-state index in [9.17, 15) is 0 Å². The third-order valence-electron chi connectivity index (χ3n) is 6.50. The van der Waals surface area contributed by atoms with Gasteiger partial charge in [-0.15, -0.1) is 0 Å². The summed E-state index contributed by atoms with van der Waals surface area (Å²) in [5, 5.41) is 0. The number of rotatable bonds is 5. The van der Waals surface area contributed by atoms with Gasteiger partial charge in [0.05, 0.1) is 14.2 Å². The summed E-state index contributed by atoms with van der Waals surface area (Å²) >= 11 is 0. The maximum Gasteiger partial charge on any atom is 0.161 e. The highest BCUT2D eigenvalue weighted by Gasteiger charge is 2.39. The van der Waals surface area contributed by atoms with Crippen LogP contribution in [-0.4, -0.2) is 14.2 Å². The molecule has 3 aromatic carbocycles. The van der Waals surface area contributed by atoms with Crippen LogP contribution in [0.25, 0.3) is 11.3 Å². The first-order valence-corrected chi connectivity index (χ1v) is 10.7. The predicted octanol–water partition coefficient (Wildman–Crippen LogP) is 6.44. The van der Waals surface area contributed by atoms with E-state index in [4.69, 9.17) is 13.9 Å². The lowest BCUT2D eigenvalue weighted by Crippen LogP contribution is -2.34. The second-order valence-corrected chi connectivity index (χ2v) is 8.12. The number of fused-ring (bicyclic) bond motifs is 1. The van der Waals surface area contributed by atoms with Gasteiger partial charge < -0.3 is 13.9 Å². The maximum absolute atomic E-state index is 6.47. The summed E-state index contributed by atoms with van der Waals surface area (Å²) in [6.45, 7) is 0. The third-order valence-corrected chi connectivity index (χ3v) is 6.50. The molecule has 0 saturated carbocycles. The Morgan fingerprint density at radius 3 is 2.00 bits per heavy atom. The minimum absolute atomic E-state index is 0.0811. The van der Waals surface area contributed by atoms with Crippen molar-refractivity contribution in [2.24, 2.45) is 0 Å². The van der Waals surface area contributed by atoms with Crippen LogP contribution < -0.4 is 9.47 Å². The van der Waals surface area contributed by atoms with Gasteiger partial charge in [-0.1, -0.05) is 60.7 Å². The zero-order valence-corrected chi connectivity index (χ0v) is 17.9. The Morgan fingerprint density at radius 1 is 0.742 bits per heavy atom.